The SMILES string of the molecule is CC(=O)OC1[C@@H](OC(=O)C(C)(C)C)[C@@H](OC(=O)C(C)(C)C)C(OC(C)=O)[C@@H](OC(=O)C(C)(C)C)[C@H]1OC(=O)C(C)(C)C. The Morgan fingerprint density at radius 3 is 0.595 bits per heavy atom. The van der Waals surface area contributed by atoms with E-state index in [1.54, 1.807) is 83.1 Å². The van der Waals surface area contributed by atoms with E-state index in [4.69, 9.17) is 28.4 Å². The van der Waals surface area contributed by atoms with Crippen molar-refractivity contribution in [3.8, 4) is 0 Å². The van der Waals surface area contributed by atoms with Crippen LogP contribution in [0.4, 0.5) is 0 Å². The van der Waals surface area contributed by atoms with Crippen molar-refractivity contribution < 1.29 is 57.2 Å². The zero-order valence-electron chi connectivity index (χ0n) is 27.4. The number of esters is 6. The minimum Gasteiger partial charge on any atom is -0.454 e. The molecule has 0 spiro atoms. The molecule has 0 aromatic heterocycles. The minimum atomic E-state index is -1.64. The second-order valence-corrected chi connectivity index (χ2v) is 14.6. The Hall–Kier alpha value is -3.18. The molecule has 12 heteroatoms. The van der Waals surface area contributed by atoms with Crippen molar-refractivity contribution in [2.24, 2.45) is 21.7 Å². The summed E-state index contributed by atoms with van der Waals surface area (Å²) in [6.45, 7) is 21.0. The molecule has 0 aromatic rings. The summed E-state index contributed by atoms with van der Waals surface area (Å²) < 4.78 is 34.4. The fourth-order valence-corrected chi connectivity index (χ4v) is 3.51. The molecule has 0 amide bonds. The van der Waals surface area contributed by atoms with E-state index in [0.717, 1.165) is 13.8 Å². The van der Waals surface area contributed by atoms with Gasteiger partial charge in [0.05, 0.1) is 21.7 Å². The van der Waals surface area contributed by atoms with Crippen molar-refractivity contribution in [3.05, 3.63) is 0 Å². The molecule has 0 aliphatic heterocycles. The summed E-state index contributed by atoms with van der Waals surface area (Å²) in [5, 5.41) is 0. The predicted molar refractivity (Wildman–Crippen MR) is 148 cm³/mol. The highest BCUT2D eigenvalue weighted by Gasteiger charge is 2.62. The van der Waals surface area contributed by atoms with Gasteiger partial charge < -0.3 is 28.4 Å². The third kappa shape index (κ3) is 9.97. The van der Waals surface area contributed by atoms with Gasteiger partial charge in [-0.2, -0.15) is 0 Å². The molecule has 0 N–H and O–H groups in total. The highest BCUT2D eigenvalue weighted by Crippen LogP contribution is 2.38. The molecule has 1 saturated carbocycles. The largest absolute Gasteiger partial charge is 0.454 e. The fourth-order valence-electron chi connectivity index (χ4n) is 3.51. The summed E-state index contributed by atoms with van der Waals surface area (Å²) in [6.07, 6.45) is -9.83. The van der Waals surface area contributed by atoms with Gasteiger partial charge in [-0.05, 0) is 83.1 Å². The standard InChI is InChI=1S/C30H48O12/c1-15(31)37-17-19(39-23(33)27(3,4)5)21(41-25(35)29(9,10)11)18(38-16(2)32)22(42-26(36)30(12,13)14)20(17)40-24(34)28(6,7)8/h17-22H,1-14H3/t17?,18?,19-,20+,21+,22-. The Morgan fingerprint density at radius 2 is 0.476 bits per heavy atom. The lowest BCUT2D eigenvalue weighted by molar-refractivity contribution is -0.266. The molecule has 0 saturated heterocycles. The van der Waals surface area contributed by atoms with Crippen LogP contribution in [0.15, 0.2) is 0 Å². The van der Waals surface area contributed by atoms with Crippen molar-refractivity contribution >= 4 is 35.8 Å². The Balaban J connectivity index is 4.08. The van der Waals surface area contributed by atoms with Crippen molar-refractivity contribution in [2.75, 3.05) is 0 Å². The van der Waals surface area contributed by atoms with Crippen LogP contribution < -0.4 is 0 Å². The quantitative estimate of drug-likeness (QED) is 0.322. The average Bonchev–Trinajstić information content (AvgIpc) is 2.76. The first-order valence-corrected chi connectivity index (χ1v) is 13.9. The van der Waals surface area contributed by atoms with E-state index in [1.165, 1.54) is 0 Å². The van der Waals surface area contributed by atoms with Crippen LogP contribution in [0.25, 0.3) is 0 Å². The molecule has 6 atom stereocenters. The molecular formula is C30H48O12. The van der Waals surface area contributed by atoms with Gasteiger partial charge in [-0.25, -0.2) is 0 Å². The van der Waals surface area contributed by atoms with Crippen LogP contribution in [0.5, 0.6) is 0 Å². The maximum Gasteiger partial charge on any atom is 0.311 e. The smallest absolute Gasteiger partial charge is 0.311 e. The van der Waals surface area contributed by atoms with Gasteiger partial charge in [0.1, 0.15) is 0 Å². The van der Waals surface area contributed by atoms with Crippen LogP contribution >= 0.6 is 0 Å². The maximum absolute atomic E-state index is 13.2. The second-order valence-electron chi connectivity index (χ2n) is 14.6. The third-order valence-corrected chi connectivity index (χ3v) is 5.97. The maximum atomic E-state index is 13.2. The molecular weight excluding hydrogens is 552 g/mol. The fraction of sp³-hybridized carbons (Fsp3) is 0.800. The monoisotopic (exact) mass is 600 g/mol. The number of carbonyl (C=O) groups is 6. The van der Waals surface area contributed by atoms with Crippen molar-refractivity contribution in [2.45, 2.75) is 134 Å². The van der Waals surface area contributed by atoms with E-state index in [1.807, 2.05) is 0 Å². The van der Waals surface area contributed by atoms with Crippen molar-refractivity contribution in [1.82, 2.24) is 0 Å². The van der Waals surface area contributed by atoms with E-state index >= 15 is 0 Å². The average molecular weight is 601 g/mol. The lowest BCUT2D eigenvalue weighted by Gasteiger charge is -2.48. The first-order chi connectivity index (χ1) is 18.7. The van der Waals surface area contributed by atoms with Crippen LogP contribution in [0.1, 0.15) is 96.9 Å². The summed E-state index contributed by atoms with van der Waals surface area (Å²) >= 11 is 0. The molecule has 0 heterocycles. The number of hydrogen-bond acceptors (Lipinski definition) is 12. The minimum absolute atomic E-state index is 0.783. The van der Waals surface area contributed by atoms with E-state index in [2.05, 4.69) is 0 Å². The van der Waals surface area contributed by atoms with Gasteiger partial charge in [-0.15, -0.1) is 0 Å². The summed E-state index contributed by atoms with van der Waals surface area (Å²) in [5.74, 6) is -4.85. The van der Waals surface area contributed by atoms with Gasteiger partial charge >= 0.3 is 35.8 Å². The summed E-state index contributed by atoms with van der Waals surface area (Å²) in [6, 6.07) is 0. The third-order valence-electron chi connectivity index (χ3n) is 5.97. The molecule has 42 heavy (non-hydrogen) atoms. The molecule has 0 bridgehead atoms. The summed E-state index contributed by atoms with van der Waals surface area (Å²) in [5.41, 5.74) is -4.32. The van der Waals surface area contributed by atoms with Gasteiger partial charge in [0.25, 0.3) is 0 Å². The van der Waals surface area contributed by atoms with Gasteiger partial charge in [0, 0.05) is 13.8 Å². The zero-order chi connectivity index (χ0) is 33.2. The Morgan fingerprint density at radius 1 is 0.333 bits per heavy atom. The van der Waals surface area contributed by atoms with Crippen LogP contribution in [0, 0.1) is 21.7 Å². The molecule has 12 nitrogen and oxygen atoms in total. The van der Waals surface area contributed by atoms with E-state index in [9.17, 15) is 28.8 Å². The molecule has 1 fully saturated rings. The normalized spacial score (nSPS) is 25.0. The van der Waals surface area contributed by atoms with Crippen LogP contribution in [-0.4, -0.2) is 72.4 Å². The highest BCUT2D eigenvalue weighted by molar-refractivity contribution is 5.78. The highest BCUT2D eigenvalue weighted by atomic mass is 16.7. The van der Waals surface area contributed by atoms with Gasteiger partial charge in [0.2, 0.25) is 0 Å². The summed E-state index contributed by atoms with van der Waals surface area (Å²) in [7, 11) is 0. The van der Waals surface area contributed by atoms with Gasteiger partial charge in [-0.3, -0.25) is 28.8 Å². The number of rotatable bonds is 6. The molecule has 0 radical (unpaired) electrons. The Kier molecular flexibility index (Phi) is 11.4. The summed E-state index contributed by atoms with van der Waals surface area (Å²) in [4.78, 5) is 77.6. The zero-order valence-corrected chi connectivity index (χ0v) is 27.4. The van der Waals surface area contributed by atoms with Crippen molar-refractivity contribution in [3.63, 3.8) is 0 Å². The van der Waals surface area contributed by atoms with Gasteiger partial charge in [0.15, 0.2) is 36.6 Å². The van der Waals surface area contributed by atoms with Crippen LogP contribution in [0.2, 0.25) is 0 Å². The van der Waals surface area contributed by atoms with Crippen LogP contribution in [0.3, 0.4) is 0 Å². The molecule has 2 unspecified atom stereocenters. The first kappa shape index (κ1) is 36.8. The Labute approximate surface area is 248 Å². The van der Waals surface area contributed by atoms with Crippen molar-refractivity contribution in [1.29, 1.82) is 0 Å². The molecule has 240 valence electrons. The number of carbonyl (C=O) groups excluding carboxylic acids is 6. The van der Waals surface area contributed by atoms with Gasteiger partial charge in [-0.1, -0.05) is 0 Å². The molecule has 1 rings (SSSR count). The Bertz CT molecular complexity index is 896. The lowest BCUT2D eigenvalue weighted by Crippen LogP contribution is -2.69. The van der Waals surface area contributed by atoms with E-state index < -0.39 is 94.1 Å². The molecule has 1 aliphatic carbocycles. The molecule has 0 aromatic carbocycles. The second kappa shape index (κ2) is 13.0. The predicted octanol–water partition coefficient (Wildman–Crippen LogP) is 3.70. The molecule has 1 aliphatic rings. The number of ether oxygens (including phenoxy) is 6. The van der Waals surface area contributed by atoms with Crippen LogP contribution in [-0.2, 0) is 57.2 Å². The topological polar surface area (TPSA) is 158 Å². The first-order valence-electron chi connectivity index (χ1n) is 13.9. The van der Waals surface area contributed by atoms with E-state index in [0.29, 0.717) is 0 Å². The van der Waals surface area contributed by atoms with E-state index in [-0.39, 0.29) is 0 Å². The lowest BCUT2D eigenvalue weighted by atomic mass is 9.82. The number of hydrogen-bond donors (Lipinski definition) is 0.